The molecule has 138 valence electrons. The summed E-state index contributed by atoms with van der Waals surface area (Å²) < 4.78 is 0. The van der Waals surface area contributed by atoms with Crippen LogP contribution in [0.1, 0.15) is 55.5 Å². The Morgan fingerprint density at radius 1 is 0.885 bits per heavy atom. The first-order chi connectivity index (χ1) is 12.5. The SMILES string of the molecule is CC1CCN(C2=CC(=O)C(=O)c3cnc(N4CCC(C)CC4)cc32)CC1. The lowest BCUT2D eigenvalue weighted by Gasteiger charge is -2.36. The Hall–Kier alpha value is -2.17. The molecule has 2 fully saturated rings. The summed E-state index contributed by atoms with van der Waals surface area (Å²) in [5, 5.41) is 0. The minimum absolute atomic E-state index is 0.424. The molecule has 4 rings (SSSR count). The number of ketones is 2. The molecule has 0 N–H and O–H groups in total. The van der Waals surface area contributed by atoms with E-state index in [1.54, 1.807) is 12.3 Å². The minimum atomic E-state index is -0.430. The van der Waals surface area contributed by atoms with E-state index in [2.05, 4.69) is 28.6 Å². The van der Waals surface area contributed by atoms with Crippen LogP contribution in [0.15, 0.2) is 18.3 Å². The number of fused-ring (bicyclic) bond motifs is 1. The molecular formula is C21H27N3O2. The Balaban J connectivity index is 1.67. The summed E-state index contributed by atoms with van der Waals surface area (Å²) in [6.45, 7) is 8.44. The molecule has 3 heterocycles. The van der Waals surface area contributed by atoms with Gasteiger partial charge in [0.25, 0.3) is 0 Å². The van der Waals surface area contributed by atoms with Gasteiger partial charge in [-0.3, -0.25) is 9.59 Å². The van der Waals surface area contributed by atoms with Crippen molar-refractivity contribution in [3.05, 3.63) is 29.5 Å². The van der Waals surface area contributed by atoms with Gasteiger partial charge in [-0.15, -0.1) is 0 Å². The van der Waals surface area contributed by atoms with Gasteiger partial charge in [0.15, 0.2) is 0 Å². The highest BCUT2D eigenvalue weighted by molar-refractivity contribution is 6.50. The number of aromatic nitrogens is 1. The number of rotatable bonds is 2. The van der Waals surface area contributed by atoms with Gasteiger partial charge < -0.3 is 9.80 Å². The largest absolute Gasteiger partial charge is 0.371 e. The zero-order valence-corrected chi connectivity index (χ0v) is 15.7. The van der Waals surface area contributed by atoms with Crippen LogP contribution in [0.2, 0.25) is 0 Å². The van der Waals surface area contributed by atoms with Gasteiger partial charge in [-0.2, -0.15) is 0 Å². The lowest BCUT2D eigenvalue weighted by Crippen LogP contribution is -2.36. The van der Waals surface area contributed by atoms with Gasteiger partial charge >= 0.3 is 0 Å². The number of hydrogen-bond donors (Lipinski definition) is 0. The zero-order chi connectivity index (χ0) is 18.3. The molecule has 26 heavy (non-hydrogen) atoms. The van der Waals surface area contributed by atoms with Gasteiger partial charge in [0.2, 0.25) is 11.6 Å². The summed E-state index contributed by atoms with van der Waals surface area (Å²) >= 11 is 0. The van der Waals surface area contributed by atoms with E-state index in [0.29, 0.717) is 5.56 Å². The van der Waals surface area contributed by atoms with E-state index in [1.807, 2.05) is 6.07 Å². The number of likely N-dealkylation sites (tertiary alicyclic amines) is 1. The molecule has 1 aliphatic carbocycles. The maximum atomic E-state index is 12.4. The Morgan fingerprint density at radius 3 is 2.08 bits per heavy atom. The molecule has 1 aromatic rings. The summed E-state index contributed by atoms with van der Waals surface area (Å²) in [4.78, 5) is 33.7. The molecule has 0 radical (unpaired) electrons. The van der Waals surface area contributed by atoms with Gasteiger partial charge in [0.1, 0.15) is 5.82 Å². The molecule has 5 nitrogen and oxygen atoms in total. The molecule has 0 bridgehead atoms. The number of hydrogen-bond acceptors (Lipinski definition) is 5. The van der Waals surface area contributed by atoms with Crippen molar-refractivity contribution in [2.75, 3.05) is 31.1 Å². The summed E-state index contributed by atoms with van der Waals surface area (Å²) in [5.74, 6) is 1.55. The molecule has 0 aromatic carbocycles. The average Bonchev–Trinajstić information content (AvgIpc) is 2.66. The summed E-state index contributed by atoms with van der Waals surface area (Å²) in [7, 11) is 0. The minimum Gasteiger partial charge on any atom is -0.371 e. The standard InChI is InChI=1S/C21H27N3O2/c1-14-3-7-23(8-4-14)18-12-19(25)21(26)17-13-22-20(11-16(17)18)24-9-5-15(2)6-10-24/h11-15H,3-10H2,1-2H3. The fraction of sp³-hybridized carbons (Fsp3) is 0.571. The third-order valence-electron chi connectivity index (χ3n) is 6.13. The molecule has 0 spiro atoms. The first kappa shape index (κ1) is 17.3. The molecule has 2 aliphatic heterocycles. The van der Waals surface area contributed by atoms with E-state index < -0.39 is 11.6 Å². The molecule has 0 unspecified atom stereocenters. The van der Waals surface area contributed by atoms with Crippen LogP contribution in [0.25, 0.3) is 5.70 Å². The fourth-order valence-corrected chi connectivity index (χ4v) is 4.16. The van der Waals surface area contributed by atoms with Crippen molar-refractivity contribution in [1.29, 1.82) is 0 Å². The highest BCUT2D eigenvalue weighted by Crippen LogP contribution is 2.33. The molecule has 2 saturated heterocycles. The smallest absolute Gasteiger partial charge is 0.235 e. The predicted octanol–water partition coefficient (Wildman–Crippen LogP) is 3.16. The first-order valence-electron chi connectivity index (χ1n) is 9.83. The van der Waals surface area contributed by atoms with E-state index >= 15 is 0 Å². The number of piperidine rings is 2. The maximum absolute atomic E-state index is 12.4. The van der Waals surface area contributed by atoms with Crippen LogP contribution < -0.4 is 4.90 Å². The van der Waals surface area contributed by atoms with E-state index in [9.17, 15) is 9.59 Å². The molecule has 3 aliphatic rings. The van der Waals surface area contributed by atoms with Gasteiger partial charge in [0, 0.05) is 49.7 Å². The van der Waals surface area contributed by atoms with Crippen molar-refractivity contribution >= 4 is 23.1 Å². The number of allylic oxidation sites excluding steroid dienone is 1. The Kier molecular flexibility index (Phi) is 4.55. The van der Waals surface area contributed by atoms with Gasteiger partial charge in [-0.1, -0.05) is 13.8 Å². The highest BCUT2D eigenvalue weighted by Gasteiger charge is 2.31. The van der Waals surface area contributed by atoms with Crippen LogP contribution in [0.3, 0.4) is 0 Å². The molecule has 1 aromatic heterocycles. The highest BCUT2D eigenvalue weighted by atomic mass is 16.2. The van der Waals surface area contributed by atoms with Crippen molar-refractivity contribution in [1.82, 2.24) is 9.88 Å². The molecule has 0 atom stereocenters. The van der Waals surface area contributed by atoms with E-state index in [1.165, 1.54) is 12.8 Å². The number of carbonyl (C=O) groups excluding carboxylic acids is 2. The van der Waals surface area contributed by atoms with E-state index in [0.717, 1.165) is 67.9 Å². The lowest BCUT2D eigenvalue weighted by atomic mass is 9.91. The Morgan fingerprint density at radius 2 is 1.46 bits per heavy atom. The monoisotopic (exact) mass is 353 g/mol. The number of nitrogens with zero attached hydrogens (tertiary/aromatic N) is 3. The predicted molar refractivity (Wildman–Crippen MR) is 102 cm³/mol. The van der Waals surface area contributed by atoms with Crippen molar-refractivity contribution in [2.24, 2.45) is 11.8 Å². The maximum Gasteiger partial charge on any atom is 0.235 e. The van der Waals surface area contributed by atoms with Gasteiger partial charge in [-0.25, -0.2) is 4.98 Å². The third-order valence-corrected chi connectivity index (χ3v) is 6.13. The summed E-state index contributed by atoms with van der Waals surface area (Å²) in [5.41, 5.74) is 2.25. The van der Waals surface area contributed by atoms with Crippen molar-refractivity contribution in [2.45, 2.75) is 39.5 Å². The second kappa shape index (κ2) is 6.86. The second-order valence-corrected chi connectivity index (χ2v) is 8.15. The quantitative estimate of drug-likeness (QED) is 0.765. The van der Waals surface area contributed by atoms with Crippen LogP contribution >= 0.6 is 0 Å². The lowest BCUT2D eigenvalue weighted by molar-refractivity contribution is -0.111. The molecular weight excluding hydrogens is 326 g/mol. The molecule has 0 saturated carbocycles. The normalized spacial score (nSPS) is 22.5. The van der Waals surface area contributed by atoms with Gasteiger partial charge in [-0.05, 0) is 43.6 Å². The van der Waals surface area contributed by atoms with Crippen LogP contribution in [-0.2, 0) is 4.79 Å². The summed E-state index contributed by atoms with van der Waals surface area (Å²) in [6.07, 6.45) is 7.74. The van der Waals surface area contributed by atoms with Gasteiger partial charge in [0.05, 0.1) is 5.56 Å². The topological polar surface area (TPSA) is 53.5 Å². The zero-order valence-electron chi connectivity index (χ0n) is 15.7. The first-order valence-corrected chi connectivity index (χ1v) is 9.83. The Labute approximate surface area is 155 Å². The van der Waals surface area contributed by atoms with E-state index in [4.69, 9.17) is 0 Å². The summed E-state index contributed by atoms with van der Waals surface area (Å²) in [6, 6.07) is 2.03. The molecule has 5 heteroatoms. The fourth-order valence-electron chi connectivity index (χ4n) is 4.16. The average molecular weight is 353 g/mol. The van der Waals surface area contributed by atoms with Crippen LogP contribution in [0.4, 0.5) is 5.82 Å². The molecule has 0 amide bonds. The number of Topliss-reactive ketones (excluding diaryl/α,β-unsaturated/α-hetero) is 1. The van der Waals surface area contributed by atoms with Crippen molar-refractivity contribution in [3.63, 3.8) is 0 Å². The number of pyridine rings is 1. The second-order valence-electron chi connectivity index (χ2n) is 8.15. The van der Waals surface area contributed by atoms with Crippen molar-refractivity contribution < 1.29 is 9.59 Å². The number of anilines is 1. The van der Waals surface area contributed by atoms with Crippen molar-refractivity contribution in [3.8, 4) is 0 Å². The third kappa shape index (κ3) is 3.15. The van der Waals surface area contributed by atoms with Crippen LogP contribution in [-0.4, -0.2) is 47.6 Å². The van der Waals surface area contributed by atoms with E-state index in [-0.39, 0.29) is 0 Å². The van der Waals surface area contributed by atoms with Crippen LogP contribution in [0, 0.1) is 11.8 Å². The number of carbonyl (C=O) groups is 2. The Bertz CT molecular complexity index is 755. The van der Waals surface area contributed by atoms with Crippen LogP contribution in [0.5, 0.6) is 0 Å².